The molecule has 0 aliphatic heterocycles. The minimum absolute atomic E-state index is 0.341. The van der Waals surface area contributed by atoms with Gasteiger partial charge in [0.2, 0.25) is 0 Å². The van der Waals surface area contributed by atoms with Crippen molar-refractivity contribution in [1.29, 1.82) is 0 Å². The summed E-state index contributed by atoms with van der Waals surface area (Å²) in [6.07, 6.45) is 1.98. The molecule has 2 heterocycles. The molecule has 0 saturated carbocycles. The summed E-state index contributed by atoms with van der Waals surface area (Å²) in [6, 6.07) is 0. The van der Waals surface area contributed by atoms with E-state index in [9.17, 15) is 0 Å². The SMILES string of the molecule is Cc1nn(C)cc1-c1[nH]nc(N)c1C(C)C. The summed E-state index contributed by atoms with van der Waals surface area (Å²) in [5, 5.41) is 11.4. The first kappa shape index (κ1) is 10.7. The van der Waals surface area contributed by atoms with Gasteiger partial charge in [0.05, 0.1) is 11.4 Å². The minimum Gasteiger partial charge on any atom is -0.382 e. The first-order valence-electron chi connectivity index (χ1n) is 5.35. The lowest BCUT2D eigenvalue weighted by Crippen LogP contribution is -1.95. The van der Waals surface area contributed by atoms with E-state index in [4.69, 9.17) is 5.73 Å². The van der Waals surface area contributed by atoms with Crippen LogP contribution in [0, 0.1) is 6.92 Å². The second kappa shape index (κ2) is 3.66. The number of anilines is 1. The molecule has 0 aliphatic rings. The highest BCUT2D eigenvalue weighted by Crippen LogP contribution is 2.32. The van der Waals surface area contributed by atoms with E-state index in [-0.39, 0.29) is 0 Å². The first-order chi connectivity index (χ1) is 7.50. The highest BCUT2D eigenvalue weighted by atomic mass is 15.3. The average molecular weight is 219 g/mol. The molecule has 5 nitrogen and oxygen atoms in total. The lowest BCUT2D eigenvalue weighted by atomic mass is 9.99. The molecule has 86 valence electrons. The molecule has 0 unspecified atom stereocenters. The molecule has 3 N–H and O–H groups in total. The Morgan fingerprint density at radius 1 is 1.44 bits per heavy atom. The summed E-state index contributed by atoms with van der Waals surface area (Å²) in [6.45, 7) is 6.20. The number of nitrogens with two attached hydrogens (primary N) is 1. The van der Waals surface area contributed by atoms with Crippen molar-refractivity contribution in [2.75, 3.05) is 5.73 Å². The van der Waals surface area contributed by atoms with Gasteiger partial charge in [-0.25, -0.2) is 0 Å². The number of H-pyrrole nitrogens is 1. The molecule has 0 saturated heterocycles. The van der Waals surface area contributed by atoms with Crippen molar-refractivity contribution in [3.63, 3.8) is 0 Å². The van der Waals surface area contributed by atoms with Crippen LogP contribution in [0.15, 0.2) is 6.20 Å². The van der Waals surface area contributed by atoms with Crippen LogP contribution in [-0.4, -0.2) is 20.0 Å². The van der Waals surface area contributed by atoms with Crippen LogP contribution in [0.1, 0.15) is 31.0 Å². The molecule has 2 aromatic rings. The molecule has 0 aromatic carbocycles. The van der Waals surface area contributed by atoms with Crippen LogP contribution in [0.25, 0.3) is 11.3 Å². The van der Waals surface area contributed by atoms with Gasteiger partial charge in [-0.1, -0.05) is 13.8 Å². The number of aromatic amines is 1. The summed E-state index contributed by atoms with van der Waals surface area (Å²) in [7, 11) is 1.91. The molecule has 0 bridgehead atoms. The lowest BCUT2D eigenvalue weighted by Gasteiger charge is -2.06. The van der Waals surface area contributed by atoms with E-state index >= 15 is 0 Å². The van der Waals surface area contributed by atoms with Crippen LogP contribution in [0.2, 0.25) is 0 Å². The molecule has 5 heteroatoms. The number of hydrogen-bond donors (Lipinski definition) is 2. The molecule has 0 atom stereocenters. The van der Waals surface area contributed by atoms with E-state index in [0.717, 1.165) is 22.5 Å². The summed E-state index contributed by atoms with van der Waals surface area (Å²) < 4.78 is 1.80. The van der Waals surface area contributed by atoms with E-state index in [2.05, 4.69) is 29.1 Å². The maximum atomic E-state index is 5.87. The van der Waals surface area contributed by atoms with Gasteiger partial charge in [0, 0.05) is 24.4 Å². The molecule has 2 aromatic heterocycles. The van der Waals surface area contributed by atoms with Crippen molar-refractivity contribution in [2.24, 2.45) is 7.05 Å². The lowest BCUT2D eigenvalue weighted by molar-refractivity contribution is 0.756. The Bertz CT molecular complexity index is 506. The molecule has 0 spiro atoms. The van der Waals surface area contributed by atoms with Gasteiger partial charge in [-0.15, -0.1) is 0 Å². The Morgan fingerprint density at radius 2 is 2.12 bits per heavy atom. The number of nitrogen functional groups attached to an aromatic ring is 1. The average Bonchev–Trinajstić information content (AvgIpc) is 2.69. The van der Waals surface area contributed by atoms with Crippen molar-refractivity contribution in [3.8, 4) is 11.3 Å². The van der Waals surface area contributed by atoms with E-state index in [1.54, 1.807) is 4.68 Å². The van der Waals surface area contributed by atoms with Gasteiger partial charge in [-0.3, -0.25) is 9.78 Å². The topological polar surface area (TPSA) is 72.5 Å². The van der Waals surface area contributed by atoms with E-state index in [1.807, 2.05) is 20.2 Å². The minimum atomic E-state index is 0.341. The fraction of sp³-hybridized carbons (Fsp3) is 0.455. The van der Waals surface area contributed by atoms with E-state index in [0.29, 0.717) is 11.7 Å². The van der Waals surface area contributed by atoms with Crippen LogP contribution in [0.5, 0.6) is 0 Å². The Balaban J connectivity index is 2.60. The van der Waals surface area contributed by atoms with Crippen LogP contribution in [0.3, 0.4) is 0 Å². The first-order valence-corrected chi connectivity index (χ1v) is 5.35. The van der Waals surface area contributed by atoms with Crippen molar-refractivity contribution in [3.05, 3.63) is 17.5 Å². The highest BCUT2D eigenvalue weighted by molar-refractivity contribution is 5.70. The molecular formula is C11H17N5. The number of nitrogens with one attached hydrogen (secondary N) is 1. The third kappa shape index (κ3) is 1.58. The van der Waals surface area contributed by atoms with Crippen LogP contribution in [-0.2, 0) is 7.05 Å². The molecular weight excluding hydrogens is 202 g/mol. The molecule has 16 heavy (non-hydrogen) atoms. The van der Waals surface area contributed by atoms with E-state index in [1.165, 1.54) is 0 Å². The molecule has 0 aliphatic carbocycles. The standard InChI is InChI=1S/C11H17N5/c1-6(2)9-10(13-14-11(9)12)8-5-16(4)15-7(8)3/h5-6H,1-4H3,(H3,12,13,14). The Kier molecular flexibility index (Phi) is 2.46. The Labute approximate surface area is 94.7 Å². The Morgan fingerprint density at radius 3 is 2.62 bits per heavy atom. The second-order valence-corrected chi connectivity index (χ2v) is 4.35. The van der Waals surface area contributed by atoms with Gasteiger partial charge in [0.25, 0.3) is 0 Å². The summed E-state index contributed by atoms with van der Waals surface area (Å²) in [5.41, 5.74) is 9.96. The number of aromatic nitrogens is 4. The summed E-state index contributed by atoms with van der Waals surface area (Å²) in [5.74, 6) is 0.918. The van der Waals surface area contributed by atoms with Crippen molar-refractivity contribution < 1.29 is 0 Å². The fourth-order valence-electron chi connectivity index (χ4n) is 2.00. The van der Waals surface area contributed by atoms with Crippen LogP contribution >= 0.6 is 0 Å². The summed E-state index contributed by atoms with van der Waals surface area (Å²) >= 11 is 0. The van der Waals surface area contributed by atoms with E-state index < -0.39 is 0 Å². The van der Waals surface area contributed by atoms with Gasteiger partial charge < -0.3 is 5.73 Å². The zero-order chi connectivity index (χ0) is 11.9. The third-order valence-electron chi connectivity index (χ3n) is 2.69. The smallest absolute Gasteiger partial charge is 0.149 e. The predicted molar refractivity (Wildman–Crippen MR) is 64.0 cm³/mol. The van der Waals surface area contributed by atoms with Crippen molar-refractivity contribution >= 4 is 5.82 Å². The zero-order valence-corrected chi connectivity index (χ0v) is 10.1. The quantitative estimate of drug-likeness (QED) is 0.809. The summed E-state index contributed by atoms with van der Waals surface area (Å²) in [4.78, 5) is 0. The predicted octanol–water partition coefficient (Wildman–Crippen LogP) is 1.82. The molecule has 0 amide bonds. The van der Waals surface area contributed by atoms with Crippen LogP contribution < -0.4 is 5.73 Å². The Hall–Kier alpha value is -1.78. The zero-order valence-electron chi connectivity index (χ0n) is 10.1. The van der Waals surface area contributed by atoms with Gasteiger partial charge in [0.15, 0.2) is 0 Å². The highest BCUT2D eigenvalue weighted by Gasteiger charge is 2.18. The van der Waals surface area contributed by atoms with Crippen molar-refractivity contribution in [2.45, 2.75) is 26.7 Å². The van der Waals surface area contributed by atoms with Gasteiger partial charge in [-0.05, 0) is 12.8 Å². The monoisotopic (exact) mass is 219 g/mol. The fourth-order valence-corrected chi connectivity index (χ4v) is 2.00. The largest absolute Gasteiger partial charge is 0.382 e. The van der Waals surface area contributed by atoms with Crippen LogP contribution in [0.4, 0.5) is 5.82 Å². The van der Waals surface area contributed by atoms with Gasteiger partial charge in [-0.2, -0.15) is 10.2 Å². The normalized spacial score (nSPS) is 11.3. The van der Waals surface area contributed by atoms with Gasteiger partial charge >= 0.3 is 0 Å². The third-order valence-corrected chi connectivity index (χ3v) is 2.69. The molecule has 0 radical (unpaired) electrons. The van der Waals surface area contributed by atoms with Crippen molar-refractivity contribution in [1.82, 2.24) is 20.0 Å². The number of aryl methyl sites for hydroxylation is 2. The van der Waals surface area contributed by atoms with Gasteiger partial charge in [0.1, 0.15) is 5.82 Å². The number of rotatable bonds is 2. The number of nitrogens with zero attached hydrogens (tertiary/aromatic N) is 3. The second-order valence-electron chi connectivity index (χ2n) is 4.35. The number of hydrogen-bond acceptors (Lipinski definition) is 3. The molecule has 0 fully saturated rings. The maximum absolute atomic E-state index is 5.87. The maximum Gasteiger partial charge on any atom is 0.149 e. The molecule has 2 rings (SSSR count).